The van der Waals surface area contributed by atoms with E-state index in [2.05, 4.69) is 15.9 Å². The Morgan fingerprint density at radius 3 is 2.86 bits per heavy atom. The molecule has 0 unspecified atom stereocenters. The quantitative estimate of drug-likeness (QED) is 0.894. The summed E-state index contributed by atoms with van der Waals surface area (Å²) in [6, 6.07) is 1.61. The maximum Gasteiger partial charge on any atom is 0.257 e. The number of hydrogen-bond acceptors (Lipinski definition) is 3. The molecule has 0 aliphatic carbocycles. The molecule has 78 valence electrons. The third-order valence-corrected chi connectivity index (χ3v) is 2.27. The van der Waals surface area contributed by atoms with Crippen molar-refractivity contribution in [1.82, 2.24) is 4.90 Å². The fraction of sp³-hybridized carbons (Fsp3) is 0.444. The number of carbonyl (C=O) groups is 1. The van der Waals surface area contributed by atoms with Crippen molar-refractivity contribution in [3.05, 3.63) is 22.6 Å². The standard InChI is InChI=1S/C9H12BrNO3/c1-2-11(3-4-12)9(13)7-5-8(10)14-6-7/h5-6,12H,2-4H2,1H3. The summed E-state index contributed by atoms with van der Waals surface area (Å²) in [6.45, 7) is 2.75. The molecule has 1 heterocycles. The second kappa shape index (κ2) is 5.17. The number of halogens is 1. The molecule has 1 aromatic rings. The molecule has 0 atom stereocenters. The summed E-state index contributed by atoms with van der Waals surface area (Å²) < 4.78 is 5.49. The average Bonchev–Trinajstić information content (AvgIpc) is 2.60. The van der Waals surface area contributed by atoms with Crippen LogP contribution in [0.2, 0.25) is 0 Å². The lowest BCUT2D eigenvalue weighted by Crippen LogP contribution is -2.33. The number of furan rings is 1. The van der Waals surface area contributed by atoms with Gasteiger partial charge in [-0.05, 0) is 22.9 Å². The van der Waals surface area contributed by atoms with Crippen LogP contribution in [0.4, 0.5) is 0 Å². The van der Waals surface area contributed by atoms with Crippen LogP contribution >= 0.6 is 15.9 Å². The minimum Gasteiger partial charge on any atom is -0.457 e. The van der Waals surface area contributed by atoms with Gasteiger partial charge in [-0.3, -0.25) is 4.79 Å². The number of likely N-dealkylation sites (N-methyl/N-ethyl adjacent to an activating group) is 1. The Balaban J connectivity index is 2.72. The van der Waals surface area contributed by atoms with E-state index in [9.17, 15) is 4.79 Å². The predicted octanol–water partition coefficient (Wildman–Crippen LogP) is 1.50. The molecule has 0 saturated heterocycles. The highest BCUT2D eigenvalue weighted by molar-refractivity contribution is 9.10. The van der Waals surface area contributed by atoms with Crippen molar-refractivity contribution in [2.45, 2.75) is 6.92 Å². The molecule has 14 heavy (non-hydrogen) atoms. The van der Waals surface area contributed by atoms with Gasteiger partial charge in [-0.1, -0.05) is 0 Å². The normalized spacial score (nSPS) is 10.2. The van der Waals surface area contributed by atoms with Gasteiger partial charge in [0.25, 0.3) is 5.91 Å². The first kappa shape index (κ1) is 11.3. The van der Waals surface area contributed by atoms with Crippen LogP contribution in [0.1, 0.15) is 17.3 Å². The molecule has 1 amide bonds. The Kier molecular flexibility index (Phi) is 4.16. The Bertz CT molecular complexity index is 311. The summed E-state index contributed by atoms with van der Waals surface area (Å²) in [5.74, 6) is -0.129. The fourth-order valence-corrected chi connectivity index (χ4v) is 1.47. The lowest BCUT2D eigenvalue weighted by atomic mass is 10.3. The molecule has 1 N–H and O–H groups in total. The lowest BCUT2D eigenvalue weighted by Gasteiger charge is -2.18. The number of nitrogens with zero attached hydrogens (tertiary/aromatic N) is 1. The molecule has 0 aromatic carbocycles. The van der Waals surface area contributed by atoms with Gasteiger partial charge in [-0.25, -0.2) is 0 Å². The molecular weight excluding hydrogens is 250 g/mol. The van der Waals surface area contributed by atoms with Gasteiger partial charge in [0.05, 0.1) is 12.2 Å². The second-order valence-corrected chi connectivity index (χ2v) is 3.53. The number of hydrogen-bond donors (Lipinski definition) is 1. The maximum atomic E-state index is 11.7. The van der Waals surface area contributed by atoms with Gasteiger partial charge in [0.15, 0.2) is 4.67 Å². The molecule has 0 bridgehead atoms. The third kappa shape index (κ3) is 2.59. The number of carbonyl (C=O) groups excluding carboxylic acids is 1. The van der Waals surface area contributed by atoms with Crippen LogP contribution in [0.5, 0.6) is 0 Å². The highest BCUT2D eigenvalue weighted by Crippen LogP contribution is 2.15. The first-order valence-electron chi connectivity index (χ1n) is 4.33. The van der Waals surface area contributed by atoms with Crippen molar-refractivity contribution < 1.29 is 14.3 Å². The molecule has 0 radical (unpaired) electrons. The Labute approximate surface area is 90.6 Å². The summed E-state index contributed by atoms with van der Waals surface area (Å²) >= 11 is 3.12. The summed E-state index contributed by atoms with van der Waals surface area (Å²) in [5, 5.41) is 8.74. The topological polar surface area (TPSA) is 53.7 Å². The molecule has 4 nitrogen and oxygen atoms in total. The van der Waals surface area contributed by atoms with Crippen molar-refractivity contribution >= 4 is 21.8 Å². The third-order valence-electron chi connectivity index (χ3n) is 1.85. The van der Waals surface area contributed by atoms with E-state index >= 15 is 0 Å². The minimum atomic E-state index is -0.129. The number of rotatable bonds is 4. The summed E-state index contributed by atoms with van der Waals surface area (Å²) in [4.78, 5) is 13.3. The van der Waals surface area contributed by atoms with E-state index in [0.717, 1.165) is 0 Å². The summed E-state index contributed by atoms with van der Waals surface area (Å²) in [5.41, 5.74) is 0.493. The SMILES string of the molecule is CCN(CCO)C(=O)c1coc(Br)c1. The predicted molar refractivity (Wildman–Crippen MR) is 55.1 cm³/mol. The van der Waals surface area contributed by atoms with Gasteiger partial charge in [0, 0.05) is 19.2 Å². The van der Waals surface area contributed by atoms with Crippen LogP contribution in [0, 0.1) is 0 Å². The van der Waals surface area contributed by atoms with Crippen molar-refractivity contribution in [3.8, 4) is 0 Å². The van der Waals surface area contributed by atoms with Gasteiger partial charge in [-0.2, -0.15) is 0 Å². The Hall–Kier alpha value is -0.810. The molecule has 5 heteroatoms. The Morgan fingerprint density at radius 1 is 1.71 bits per heavy atom. The maximum absolute atomic E-state index is 11.7. The fourth-order valence-electron chi connectivity index (χ4n) is 1.13. The molecule has 0 spiro atoms. The molecule has 0 fully saturated rings. The zero-order valence-corrected chi connectivity index (χ0v) is 9.45. The molecular formula is C9H12BrNO3. The van der Waals surface area contributed by atoms with E-state index in [-0.39, 0.29) is 12.5 Å². The number of aliphatic hydroxyl groups excluding tert-OH is 1. The van der Waals surface area contributed by atoms with Crippen molar-refractivity contribution in [3.63, 3.8) is 0 Å². The smallest absolute Gasteiger partial charge is 0.257 e. The van der Waals surface area contributed by atoms with Crippen LogP contribution in [0.3, 0.4) is 0 Å². The van der Waals surface area contributed by atoms with Crippen LogP contribution in [-0.2, 0) is 0 Å². The van der Waals surface area contributed by atoms with Gasteiger partial charge in [0.2, 0.25) is 0 Å². The lowest BCUT2D eigenvalue weighted by molar-refractivity contribution is 0.0731. The monoisotopic (exact) mass is 261 g/mol. The van der Waals surface area contributed by atoms with Crippen molar-refractivity contribution in [2.75, 3.05) is 19.7 Å². The van der Waals surface area contributed by atoms with Crippen LogP contribution < -0.4 is 0 Å². The zero-order chi connectivity index (χ0) is 10.6. The first-order chi connectivity index (χ1) is 6.69. The summed E-state index contributed by atoms with van der Waals surface area (Å²) in [6.07, 6.45) is 1.40. The first-order valence-corrected chi connectivity index (χ1v) is 5.12. The highest BCUT2D eigenvalue weighted by Gasteiger charge is 2.15. The van der Waals surface area contributed by atoms with E-state index in [1.807, 2.05) is 6.92 Å². The molecule has 0 aliphatic rings. The van der Waals surface area contributed by atoms with E-state index in [1.165, 1.54) is 6.26 Å². The minimum absolute atomic E-state index is 0.0292. The second-order valence-electron chi connectivity index (χ2n) is 2.75. The molecule has 0 aliphatic heterocycles. The van der Waals surface area contributed by atoms with E-state index in [4.69, 9.17) is 9.52 Å². The number of amides is 1. The van der Waals surface area contributed by atoms with E-state index in [0.29, 0.717) is 23.3 Å². The van der Waals surface area contributed by atoms with Crippen molar-refractivity contribution in [2.24, 2.45) is 0 Å². The molecule has 0 saturated carbocycles. The highest BCUT2D eigenvalue weighted by atomic mass is 79.9. The van der Waals surface area contributed by atoms with Crippen LogP contribution in [-0.4, -0.2) is 35.6 Å². The van der Waals surface area contributed by atoms with Crippen LogP contribution in [0.15, 0.2) is 21.4 Å². The molecule has 1 aromatic heterocycles. The number of aliphatic hydroxyl groups is 1. The van der Waals surface area contributed by atoms with E-state index in [1.54, 1.807) is 11.0 Å². The summed E-state index contributed by atoms with van der Waals surface area (Å²) in [7, 11) is 0. The zero-order valence-electron chi connectivity index (χ0n) is 7.86. The van der Waals surface area contributed by atoms with Crippen LogP contribution in [0.25, 0.3) is 0 Å². The Morgan fingerprint density at radius 2 is 2.43 bits per heavy atom. The average molecular weight is 262 g/mol. The van der Waals surface area contributed by atoms with Gasteiger partial charge in [0.1, 0.15) is 6.26 Å². The van der Waals surface area contributed by atoms with Gasteiger partial charge in [-0.15, -0.1) is 0 Å². The van der Waals surface area contributed by atoms with Gasteiger partial charge >= 0.3 is 0 Å². The molecule has 1 rings (SSSR count). The van der Waals surface area contributed by atoms with E-state index < -0.39 is 0 Å². The largest absolute Gasteiger partial charge is 0.457 e. The van der Waals surface area contributed by atoms with Gasteiger partial charge < -0.3 is 14.4 Å². The van der Waals surface area contributed by atoms with Crippen molar-refractivity contribution in [1.29, 1.82) is 0 Å².